The van der Waals surface area contributed by atoms with E-state index in [2.05, 4.69) is 17.9 Å². The molecule has 0 unspecified atom stereocenters. The van der Waals surface area contributed by atoms with E-state index in [4.69, 9.17) is 11.6 Å². The Hall–Kier alpha value is -0.660. The van der Waals surface area contributed by atoms with Crippen LogP contribution in [0, 0.1) is 5.92 Å². The van der Waals surface area contributed by atoms with E-state index in [1.807, 2.05) is 13.8 Å². The molecule has 23 heavy (non-hydrogen) atoms. The Bertz CT molecular complexity index is 630. The Kier molecular flexibility index (Phi) is 7.48. The summed E-state index contributed by atoms with van der Waals surface area (Å²) >= 11 is 6.82. The lowest BCUT2D eigenvalue weighted by Gasteiger charge is -2.38. The van der Waals surface area contributed by atoms with Crippen LogP contribution in [0.4, 0.5) is 0 Å². The van der Waals surface area contributed by atoms with Gasteiger partial charge in [0.15, 0.2) is 0 Å². The first-order valence-electron chi connectivity index (χ1n) is 7.42. The number of halogens is 1. The molecule has 0 fully saturated rings. The predicted molar refractivity (Wildman–Crippen MR) is 97.5 cm³/mol. The normalized spacial score (nSPS) is 15.1. The Morgan fingerprint density at radius 1 is 1.39 bits per heavy atom. The summed E-state index contributed by atoms with van der Waals surface area (Å²) in [6.07, 6.45) is 4.43. The fraction of sp³-hybridized carbons (Fsp3) is 0.500. The second-order valence-electron chi connectivity index (χ2n) is 5.63. The number of thiophene rings is 1. The lowest BCUT2D eigenvalue weighted by molar-refractivity contribution is -0.00401. The number of nitrogens with one attached hydrogen (secondary N) is 1. The van der Waals surface area contributed by atoms with Gasteiger partial charge in [-0.1, -0.05) is 44.0 Å². The van der Waals surface area contributed by atoms with Gasteiger partial charge in [-0.2, -0.15) is 0 Å². The van der Waals surface area contributed by atoms with E-state index < -0.39 is 21.7 Å². The minimum absolute atomic E-state index is 0.0647. The Labute approximate surface area is 147 Å². The van der Waals surface area contributed by atoms with Crippen LogP contribution in [0.1, 0.15) is 33.1 Å². The number of sulfonamides is 1. The second kappa shape index (κ2) is 8.44. The first-order chi connectivity index (χ1) is 10.7. The van der Waals surface area contributed by atoms with E-state index in [0.29, 0.717) is 4.34 Å². The van der Waals surface area contributed by atoms with E-state index in [0.717, 1.165) is 17.8 Å². The molecule has 1 aromatic rings. The first kappa shape index (κ1) is 20.4. The predicted octanol–water partition coefficient (Wildman–Crippen LogP) is 3.98. The topological polar surface area (TPSA) is 66.4 Å². The smallest absolute Gasteiger partial charge is 0.250 e. The zero-order chi connectivity index (χ0) is 17.7. The van der Waals surface area contributed by atoms with Gasteiger partial charge in [0, 0.05) is 0 Å². The maximum Gasteiger partial charge on any atom is 0.250 e. The quantitative estimate of drug-likeness (QED) is 0.606. The third kappa shape index (κ3) is 5.16. The van der Waals surface area contributed by atoms with Crippen LogP contribution in [0.25, 0.3) is 0 Å². The van der Waals surface area contributed by atoms with E-state index in [1.54, 1.807) is 18.2 Å². The van der Waals surface area contributed by atoms with Crippen LogP contribution in [0.3, 0.4) is 0 Å². The third-order valence-corrected chi connectivity index (χ3v) is 7.05. The van der Waals surface area contributed by atoms with Crippen molar-refractivity contribution in [3.8, 4) is 0 Å². The number of hydrogen-bond donors (Lipinski definition) is 2. The SMILES string of the molecule is C=CCC(O)(CC=C)[C@@H](NS(=O)(=O)c1ccc(Cl)s1)[C@@H](C)CC. The highest BCUT2D eigenvalue weighted by atomic mass is 35.5. The van der Waals surface area contributed by atoms with Gasteiger partial charge in [-0.15, -0.1) is 24.5 Å². The summed E-state index contributed by atoms with van der Waals surface area (Å²) < 4.78 is 28.4. The van der Waals surface area contributed by atoms with Gasteiger partial charge in [-0.3, -0.25) is 0 Å². The van der Waals surface area contributed by atoms with Crippen LogP contribution in [-0.4, -0.2) is 25.2 Å². The van der Waals surface area contributed by atoms with Crippen LogP contribution in [0.15, 0.2) is 41.7 Å². The fourth-order valence-electron chi connectivity index (χ4n) is 2.50. The highest BCUT2D eigenvalue weighted by Crippen LogP contribution is 2.31. The van der Waals surface area contributed by atoms with Crippen LogP contribution >= 0.6 is 22.9 Å². The minimum atomic E-state index is -3.76. The largest absolute Gasteiger partial charge is 0.388 e. The molecule has 1 aromatic heterocycles. The summed E-state index contributed by atoms with van der Waals surface area (Å²) in [6.45, 7) is 11.2. The van der Waals surface area contributed by atoms with Crippen molar-refractivity contribution in [3.63, 3.8) is 0 Å². The van der Waals surface area contributed by atoms with Gasteiger partial charge in [0.2, 0.25) is 10.0 Å². The van der Waals surface area contributed by atoms with Gasteiger partial charge in [0.25, 0.3) is 0 Å². The Morgan fingerprint density at radius 3 is 2.35 bits per heavy atom. The molecule has 0 saturated heterocycles. The average molecular weight is 378 g/mol. The van der Waals surface area contributed by atoms with Gasteiger partial charge in [0.05, 0.1) is 16.0 Å². The van der Waals surface area contributed by atoms with E-state index >= 15 is 0 Å². The summed E-state index contributed by atoms with van der Waals surface area (Å²) in [4.78, 5) is 0. The lowest BCUT2D eigenvalue weighted by Crippen LogP contribution is -2.55. The molecule has 7 heteroatoms. The van der Waals surface area contributed by atoms with Gasteiger partial charge >= 0.3 is 0 Å². The molecule has 2 N–H and O–H groups in total. The molecule has 0 bridgehead atoms. The Morgan fingerprint density at radius 2 is 1.96 bits per heavy atom. The molecule has 0 spiro atoms. The van der Waals surface area contributed by atoms with E-state index in [9.17, 15) is 13.5 Å². The lowest BCUT2D eigenvalue weighted by atomic mass is 9.80. The monoisotopic (exact) mass is 377 g/mol. The summed E-state index contributed by atoms with van der Waals surface area (Å²) in [6, 6.07) is 2.34. The zero-order valence-corrected chi connectivity index (χ0v) is 15.8. The summed E-state index contributed by atoms with van der Waals surface area (Å²) in [5.74, 6) is -0.0647. The molecule has 0 aliphatic rings. The maximum atomic E-state index is 12.6. The average Bonchev–Trinajstić information content (AvgIpc) is 2.92. The van der Waals surface area contributed by atoms with Crippen molar-refractivity contribution in [1.29, 1.82) is 0 Å². The van der Waals surface area contributed by atoms with E-state index in [-0.39, 0.29) is 23.0 Å². The van der Waals surface area contributed by atoms with Gasteiger partial charge in [-0.05, 0) is 30.9 Å². The van der Waals surface area contributed by atoms with Gasteiger partial charge < -0.3 is 5.11 Å². The van der Waals surface area contributed by atoms with Crippen molar-refractivity contribution < 1.29 is 13.5 Å². The number of rotatable bonds is 10. The summed E-state index contributed by atoms with van der Waals surface area (Å²) in [7, 11) is -3.76. The van der Waals surface area contributed by atoms with Crippen LogP contribution in [-0.2, 0) is 10.0 Å². The van der Waals surface area contributed by atoms with Crippen molar-refractivity contribution in [2.45, 2.75) is 49.0 Å². The van der Waals surface area contributed by atoms with E-state index in [1.165, 1.54) is 6.07 Å². The molecule has 2 atom stereocenters. The second-order valence-corrected chi connectivity index (χ2v) is 9.29. The molecule has 0 saturated carbocycles. The van der Waals surface area contributed by atoms with Crippen molar-refractivity contribution in [3.05, 3.63) is 41.8 Å². The van der Waals surface area contributed by atoms with Crippen molar-refractivity contribution in [2.75, 3.05) is 0 Å². The maximum absolute atomic E-state index is 12.6. The van der Waals surface area contributed by atoms with Crippen LogP contribution in [0.5, 0.6) is 0 Å². The van der Waals surface area contributed by atoms with Crippen LogP contribution < -0.4 is 4.72 Å². The molecule has 1 heterocycles. The molecule has 0 aliphatic carbocycles. The summed E-state index contributed by atoms with van der Waals surface area (Å²) in [5.41, 5.74) is -1.27. The standard InChI is InChI=1S/C16H24ClNO3S2/c1-5-10-16(19,11-6-2)15(12(4)7-3)18-23(20,21)14-9-8-13(17)22-14/h5-6,8-9,12,15,18-19H,1-2,7,10-11H2,3-4H3/t12-,15-/m0/s1. The molecular formula is C16H24ClNO3S2. The van der Waals surface area contributed by atoms with Crippen LogP contribution in [0.2, 0.25) is 4.34 Å². The third-order valence-electron chi connectivity index (χ3n) is 3.88. The minimum Gasteiger partial charge on any atom is -0.388 e. The molecule has 0 aromatic carbocycles. The highest BCUT2D eigenvalue weighted by Gasteiger charge is 2.40. The molecular weight excluding hydrogens is 354 g/mol. The van der Waals surface area contributed by atoms with Gasteiger partial charge in [0.1, 0.15) is 4.21 Å². The zero-order valence-electron chi connectivity index (χ0n) is 13.5. The van der Waals surface area contributed by atoms with Crippen molar-refractivity contribution in [1.82, 2.24) is 4.72 Å². The number of hydrogen-bond acceptors (Lipinski definition) is 4. The Balaban J connectivity index is 3.21. The molecule has 0 aliphatic heterocycles. The molecule has 0 amide bonds. The molecule has 130 valence electrons. The highest BCUT2D eigenvalue weighted by molar-refractivity contribution is 7.91. The molecule has 4 nitrogen and oxygen atoms in total. The van der Waals surface area contributed by atoms with Crippen molar-refractivity contribution >= 4 is 33.0 Å². The molecule has 0 radical (unpaired) electrons. The van der Waals surface area contributed by atoms with Gasteiger partial charge in [-0.25, -0.2) is 13.1 Å². The summed E-state index contributed by atoms with van der Waals surface area (Å²) in [5, 5.41) is 11.0. The number of aliphatic hydroxyl groups is 1. The first-order valence-corrected chi connectivity index (χ1v) is 10.1. The fourth-order valence-corrected chi connectivity index (χ4v) is 5.41. The molecule has 1 rings (SSSR count). The van der Waals surface area contributed by atoms with Crippen molar-refractivity contribution in [2.24, 2.45) is 5.92 Å².